The molecule has 3 fully saturated rings. The number of hydrogen-bond acceptors (Lipinski definition) is 4. The summed E-state index contributed by atoms with van der Waals surface area (Å²) in [7, 11) is 4.09. The first kappa shape index (κ1) is 15.2. The number of halogens is 1. The number of carbonyl (C=O) groups excluding carboxylic acids is 1. The number of alkyl halides is 1. The highest BCUT2D eigenvalue weighted by Gasteiger charge is 2.54. The van der Waals surface area contributed by atoms with Crippen molar-refractivity contribution in [2.75, 3.05) is 53.6 Å². The molecule has 2 saturated heterocycles. The predicted molar refractivity (Wildman–Crippen MR) is 75.8 cm³/mol. The van der Waals surface area contributed by atoms with Crippen LogP contribution < -0.4 is 0 Å². The first-order valence-electron chi connectivity index (χ1n) is 7.77. The molecule has 0 aromatic carbocycles. The standard InChI is InChI=1S/C15H25FN2O3/c1-17(2)8-12-7-14(21-9-12)10-18(5-6-20-11-14)13(19)15(16)3-4-15/h12H,3-11H2,1-2H3. The van der Waals surface area contributed by atoms with Gasteiger partial charge in [-0.1, -0.05) is 0 Å². The molecule has 0 bridgehead atoms. The van der Waals surface area contributed by atoms with Crippen molar-refractivity contribution in [3.8, 4) is 0 Å². The third-order valence-corrected chi connectivity index (χ3v) is 4.62. The van der Waals surface area contributed by atoms with Gasteiger partial charge in [0.05, 0.1) is 26.4 Å². The topological polar surface area (TPSA) is 42.0 Å². The lowest BCUT2D eigenvalue weighted by Crippen LogP contribution is -2.49. The number of nitrogens with zero attached hydrogens (tertiary/aromatic N) is 2. The van der Waals surface area contributed by atoms with E-state index in [2.05, 4.69) is 4.90 Å². The Labute approximate surface area is 125 Å². The molecule has 1 amide bonds. The van der Waals surface area contributed by atoms with E-state index in [9.17, 15) is 9.18 Å². The van der Waals surface area contributed by atoms with Gasteiger partial charge in [0.15, 0.2) is 5.67 Å². The molecule has 5 nitrogen and oxygen atoms in total. The molecule has 0 aromatic heterocycles. The second-order valence-electron chi connectivity index (χ2n) is 7.07. The van der Waals surface area contributed by atoms with Crippen LogP contribution >= 0.6 is 0 Å². The SMILES string of the molecule is CN(C)CC1COC2(COCCN(C(=O)C3(F)CC3)C2)C1. The summed E-state index contributed by atoms with van der Waals surface area (Å²) in [5, 5.41) is 0. The van der Waals surface area contributed by atoms with Crippen molar-refractivity contribution in [3.05, 3.63) is 0 Å². The van der Waals surface area contributed by atoms with E-state index in [0.29, 0.717) is 51.7 Å². The minimum absolute atomic E-state index is 0.361. The van der Waals surface area contributed by atoms with Crippen molar-refractivity contribution in [1.82, 2.24) is 9.80 Å². The molecule has 1 aliphatic carbocycles. The third-order valence-electron chi connectivity index (χ3n) is 4.62. The van der Waals surface area contributed by atoms with Gasteiger partial charge in [0.2, 0.25) is 0 Å². The van der Waals surface area contributed by atoms with Crippen molar-refractivity contribution in [3.63, 3.8) is 0 Å². The quantitative estimate of drug-likeness (QED) is 0.769. The summed E-state index contributed by atoms with van der Waals surface area (Å²) in [6.07, 6.45) is 1.59. The molecule has 1 spiro atoms. The van der Waals surface area contributed by atoms with Crippen molar-refractivity contribution >= 4 is 5.91 Å². The highest BCUT2D eigenvalue weighted by Crippen LogP contribution is 2.42. The zero-order chi connectivity index (χ0) is 15.1. The molecule has 3 rings (SSSR count). The molecule has 0 radical (unpaired) electrons. The minimum Gasteiger partial charge on any atom is -0.377 e. The van der Waals surface area contributed by atoms with Crippen LogP contribution in [0.4, 0.5) is 4.39 Å². The molecule has 2 atom stereocenters. The number of rotatable bonds is 3. The minimum atomic E-state index is -1.60. The van der Waals surface area contributed by atoms with Crippen molar-refractivity contribution in [1.29, 1.82) is 0 Å². The molecule has 3 aliphatic rings. The van der Waals surface area contributed by atoms with Crippen LogP contribution in [0.15, 0.2) is 0 Å². The van der Waals surface area contributed by atoms with E-state index >= 15 is 0 Å². The fourth-order valence-electron chi connectivity index (χ4n) is 3.47. The van der Waals surface area contributed by atoms with Crippen molar-refractivity contribution in [2.45, 2.75) is 30.5 Å². The Morgan fingerprint density at radius 2 is 2.19 bits per heavy atom. The Hall–Kier alpha value is -0.720. The average molecular weight is 300 g/mol. The van der Waals surface area contributed by atoms with E-state index in [0.717, 1.165) is 13.0 Å². The van der Waals surface area contributed by atoms with Crippen LogP contribution in [0.1, 0.15) is 19.3 Å². The summed E-state index contributed by atoms with van der Waals surface area (Å²) in [6, 6.07) is 0. The zero-order valence-electron chi connectivity index (χ0n) is 12.9. The van der Waals surface area contributed by atoms with Gasteiger partial charge in [-0.2, -0.15) is 0 Å². The average Bonchev–Trinajstić information content (AvgIpc) is 3.10. The molecule has 0 aromatic rings. The van der Waals surface area contributed by atoms with E-state index < -0.39 is 11.3 Å². The van der Waals surface area contributed by atoms with Gasteiger partial charge >= 0.3 is 0 Å². The Morgan fingerprint density at radius 3 is 2.86 bits per heavy atom. The molecule has 21 heavy (non-hydrogen) atoms. The molecular formula is C15H25FN2O3. The van der Waals surface area contributed by atoms with Crippen molar-refractivity contribution in [2.24, 2.45) is 5.92 Å². The normalized spacial score (nSPS) is 35.2. The molecular weight excluding hydrogens is 275 g/mol. The molecule has 6 heteroatoms. The van der Waals surface area contributed by atoms with Gasteiger partial charge in [0.1, 0.15) is 5.60 Å². The second kappa shape index (κ2) is 5.48. The van der Waals surface area contributed by atoms with Gasteiger partial charge in [0, 0.05) is 13.1 Å². The maximum atomic E-state index is 14.1. The van der Waals surface area contributed by atoms with Crippen LogP contribution in [0.2, 0.25) is 0 Å². The summed E-state index contributed by atoms with van der Waals surface area (Å²) in [4.78, 5) is 16.0. The summed E-state index contributed by atoms with van der Waals surface area (Å²) in [6.45, 7) is 3.54. The third kappa shape index (κ3) is 3.22. The second-order valence-corrected chi connectivity index (χ2v) is 7.07. The summed E-state index contributed by atoms with van der Waals surface area (Å²) in [5.41, 5.74) is -2.05. The van der Waals surface area contributed by atoms with Crippen LogP contribution in [0, 0.1) is 5.92 Å². The molecule has 0 N–H and O–H groups in total. The maximum Gasteiger partial charge on any atom is 0.260 e. The number of ether oxygens (including phenoxy) is 2. The van der Waals surface area contributed by atoms with E-state index in [1.807, 2.05) is 14.1 Å². The van der Waals surface area contributed by atoms with Gasteiger partial charge in [-0.25, -0.2) is 4.39 Å². The first-order valence-corrected chi connectivity index (χ1v) is 7.77. The van der Waals surface area contributed by atoms with E-state index in [-0.39, 0.29) is 5.91 Å². The highest BCUT2D eigenvalue weighted by atomic mass is 19.1. The monoisotopic (exact) mass is 300 g/mol. The summed E-state index contributed by atoms with van der Waals surface area (Å²) >= 11 is 0. The van der Waals surface area contributed by atoms with Crippen LogP contribution in [0.5, 0.6) is 0 Å². The predicted octanol–water partition coefficient (Wildman–Crippen LogP) is 0.684. The first-order chi connectivity index (χ1) is 9.92. The molecule has 2 unspecified atom stereocenters. The van der Waals surface area contributed by atoms with E-state index in [1.54, 1.807) is 4.90 Å². The number of amides is 1. The van der Waals surface area contributed by atoms with Gasteiger partial charge in [0.25, 0.3) is 5.91 Å². The summed E-state index contributed by atoms with van der Waals surface area (Å²) in [5.74, 6) is 0.0750. The maximum absolute atomic E-state index is 14.1. The van der Waals surface area contributed by atoms with Gasteiger partial charge < -0.3 is 19.3 Å². The Bertz CT molecular complexity index is 414. The van der Waals surface area contributed by atoms with E-state index in [1.165, 1.54) is 0 Å². The Morgan fingerprint density at radius 1 is 1.43 bits per heavy atom. The van der Waals surface area contributed by atoms with Crippen LogP contribution in [0.25, 0.3) is 0 Å². The van der Waals surface area contributed by atoms with Crippen LogP contribution in [-0.4, -0.2) is 80.5 Å². The Kier molecular flexibility index (Phi) is 3.96. The van der Waals surface area contributed by atoms with Crippen molar-refractivity contribution < 1.29 is 18.7 Å². The molecule has 2 heterocycles. The number of hydrogen-bond donors (Lipinski definition) is 0. The largest absolute Gasteiger partial charge is 0.377 e. The van der Waals surface area contributed by atoms with Gasteiger partial charge in [-0.05, 0) is 39.3 Å². The molecule has 1 saturated carbocycles. The lowest BCUT2D eigenvalue weighted by molar-refractivity contribution is -0.141. The van der Waals surface area contributed by atoms with E-state index in [4.69, 9.17) is 9.47 Å². The van der Waals surface area contributed by atoms with Crippen LogP contribution in [-0.2, 0) is 14.3 Å². The highest BCUT2D eigenvalue weighted by molar-refractivity contribution is 5.88. The fourth-order valence-corrected chi connectivity index (χ4v) is 3.47. The zero-order valence-corrected chi connectivity index (χ0v) is 12.9. The van der Waals surface area contributed by atoms with Gasteiger partial charge in [-0.3, -0.25) is 4.79 Å². The smallest absolute Gasteiger partial charge is 0.260 e. The lowest BCUT2D eigenvalue weighted by Gasteiger charge is -2.32. The summed E-state index contributed by atoms with van der Waals surface area (Å²) < 4.78 is 25.7. The van der Waals surface area contributed by atoms with Gasteiger partial charge in [-0.15, -0.1) is 0 Å². The fraction of sp³-hybridized carbons (Fsp3) is 0.933. The lowest BCUT2D eigenvalue weighted by atomic mass is 9.94. The van der Waals surface area contributed by atoms with Crippen LogP contribution in [0.3, 0.4) is 0 Å². The number of carbonyl (C=O) groups is 1. The molecule has 2 aliphatic heterocycles. The molecule has 120 valence electrons. The Balaban J connectivity index is 1.66.